The molecule has 1 fully saturated rings. The molecule has 0 radical (unpaired) electrons. The van der Waals surface area contributed by atoms with Gasteiger partial charge < -0.3 is 34.3 Å². The average molecular weight is 701 g/mol. The molecule has 0 aliphatic carbocycles. The molecule has 1 saturated heterocycles. The van der Waals surface area contributed by atoms with E-state index in [1.54, 1.807) is 44.8 Å². The van der Waals surface area contributed by atoms with Gasteiger partial charge in [0.05, 0.1) is 13.4 Å². The van der Waals surface area contributed by atoms with Gasteiger partial charge >= 0.3 is 12.1 Å². The fourth-order valence-corrected chi connectivity index (χ4v) is 7.36. The summed E-state index contributed by atoms with van der Waals surface area (Å²) >= 11 is 0. The lowest BCUT2D eigenvalue weighted by Crippen LogP contribution is -2.54. The lowest BCUT2D eigenvalue weighted by atomic mass is 10.1. The van der Waals surface area contributed by atoms with E-state index in [0.717, 1.165) is 0 Å². The van der Waals surface area contributed by atoms with Crippen molar-refractivity contribution in [2.24, 2.45) is 0 Å². The number of urea groups is 2. The Hall–Kier alpha value is -3.58. The first-order chi connectivity index (χ1) is 22.3. The molecule has 2 aromatic heterocycles. The highest BCUT2D eigenvalue weighted by Crippen LogP contribution is 2.46. The van der Waals surface area contributed by atoms with Crippen molar-refractivity contribution in [1.29, 1.82) is 0 Å². The smallest absolute Gasteiger partial charge is 0.324 e. The Bertz CT molecular complexity index is 1590. The number of rotatable bonds is 10. The minimum absolute atomic E-state index is 0.0900. The number of carbonyl (C=O) groups is 2. The molecule has 0 saturated carbocycles. The van der Waals surface area contributed by atoms with Crippen LogP contribution >= 0.6 is 0 Å². The number of ether oxygens (including phenoxy) is 2. The number of hydrogen-bond donors (Lipinski definition) is 4. The molecular formula is C32H52N8O6Si2. The quantitative estimate of drug-likeness (QED) is 0.184. The molecule has 14 nitrogen and oxygen atoms in total. The third kappa shape index (κ3) is 8.16. The van der Waals surface area contributed by atoms with Gasteiger partial charge in [-0.25, -0.2) is 24.5 Å². The third-order valence-corrected chi connectivity index (χ3v) is 18.6. The zero-order valence-electron chi connectivity index (χ0n) is 30.2. The van der Waals surface area contributed by atoms with Crippen molar-refractivity contribution in [3.05, 3.63) is 36.9 Å². The summed E-state index contributed by atoms with van der Waals surface area (Å²) < 4.78 is 28.0. The molecule has 4 amide bonds. The molecule has 264 valence electrons. The summed E-state index contributed by atoms with van der Waals surface area (Å²) in [5, 5.41) is 10.9. The number of benzene rings is 1. The third-order valence-electron chi connectivity index (χ3n) is 9.66. The number of nitrogens with one attached hydrogen (secondary N) is 4. The first kappa shape index (κ1) is 37.2. The Morgan fingerprint density at radius 2 is 1.48 bits per heavy atom. The van der Waals surface area contributed by atoms with Gasteiger partial charge in [0.1, 0.15) is 30.4 Å². The number of aromatic nitrogens is 4. The van der Waals surface area contributed by atoms with E-state index in [4.69, 9.17) is 18.3 Å². The molecule has 4 atom stereocenters. The van der Waals surface area contributed by atoms with E-state index in [9.17, 15) is 9.59 Å². The Kier molecular flexibility index (Phi) is 10.9. The lowest BCUT2D eigenvalue weighted by Gasteiger charge is -2.44. The van der Waals surface area contributed by atoms with Crippen LogP contribution in [0, 0.1) is 0 Å². The maximum atomic E-state index is 13.0. The minimum atomic E-state index is -2.40. The molecule has 3 aromatic rings. The molecule has 16 heteroatoms. The van der Waals surface area contributed by atoms with E-state index >= 15 is 0 Å². The van der Waals surface area contributed by atoms with Gasteiger partial charge in [-0.2, -0.15) is 0 Å². The monoisotopic (exact) mass is 700 g/mol. The number of amides is 4. The molecule has 1 aliphatic heterocycles. The highest BCUT2D eigenvalue weighted by atomic mass is 28.4. The maximum Gasteiger partial charge on any atom is 0.324 e. The van der Waals surface area contributed by atoms with Gasteiger partial charge in [0.2, 0.25) is 0 Å². The van der Waals surface area contributed by atoms with Crippen LogP contribution in [0.5, 0.6) is 5.75 Å². The first-order valence-corrected chi connectivity index (χ1v) is 22.0. The summed E-state index contributed by atoms with van der Waals surface area (Å²) in [6.07, 6.45) is 0.690. The Labute approximate surface area is 285 Å². The predicted molar refractivity (Wildman–Crippen MR) is 191 cm³/mol. The highest BCUT2D eigenvalue weighted by Gasteiger charge is 2.54. The van der Waals surface area contributed by atoms with E-state index in [2.05, 4.69) is 104 Å². The molecule has 48 heavy (non-hydrogen) atoms. The summed E-state index contributed by atoms with van der Waals surface area (Å²) in [6, 6.07) is 6.17. The van der Waals surface area contributed by atoms with Crippen LogP contribution in [0.1, 0.15) is 47.8 Å². The van der Waals surface area contributed by atoms with E-state index < -0.39 is 47.2 Å². The van der Waals surface area contributed by atoms with E-state index in [-0.39, 0.29) is 28.5 Å². The summed E-state index contributed by atoms with van der Waals surface area (Å²) in [5.74, 6) is 0.911. The number of fused-ring (bicyclic) bond motifs is 1. The molecule has 0 spiro atoms. The van der Waals surface area contributed by atoms with E-state index in [1.807, 2.05) is 4.57 Å². The van der Waals surface area contributed by atoms with Crippen LogP contribution < -0.4 is 26.0 Å². The van der Waals surface area contributed by atoms with Crippen molar-refractivity contribution >= 4 is 51.4 Å². The SMILES string of the molecule is CNC(=O)NC[C@H]1O[C@@H](n2cnc3c(NC(=O)Nc4ccc(OC)cc4)ncnc32)[C@H](O[Si](C)(C)C(C)(C)C)[C@@H]1O[Si](C)(C)C(C)(C)C. The summed E-state index contributed by atoms with van der Waals surface area (Å²) in [7, 11) is -1.60. The number of anilines is 2. The van der Waals surface area contributed by atoms with Crippen molar-refractivity contribution in [2.75, 3.05) is 31.3 Å². The fraction of sp³-hybridized carbons (Fsp3) is 0.594. The van der Waals surface area contributed by atoms with Crippen LogP contribution in [0.15, 0.2) is 36.9 Å². The minimum Gasteiger partial charge on any atom is -0.497 e. The average Bonchev–Trinajstić information content (AvgIpc) is 3.56. The molecule has 0 bridgehead atoms. The summed E-state index contributed by atoms with van der Waals surface area (Å²) in [5.41, 5.74) is 1.41. The molecule has 1 aromatic carbocycles. The normalized spacial score (nSPS) is 20.4. The zero-order chi connectivity index (χ0) is 35.7. The van der Waals surface area contributed by atoms with Crippen LogP contribution in [0.4, 0.5) is 21.1 Å². The van der Waals surface area contributed by atoms with Crippen molar-refractivity contribution < 1.29 is 27.9 Å². The Morgan fingerprint density at radius 3 is 2.04 bits per heavy atom. The number of imidazole rings is 1. The van der Waals surface area contributed by atoms with Crippen LogP contribution in [-0.2, 0) is 13.6 Å². The first-order valence-electron chi connectivity index (χ1n) is 16.1. The van der Waals surface area contributed by atoms with Crippen LogP contribution in [0.2, 0.25) is 36.3 Å². The van der Waals surface area contributed by atoms with E-state index in [1.165, 1.54) is 6.33 Å². The molecule has 1 aliphatic rings. The predicted octanol–water partition coefficient (Wildman–Crippen LogP) is 6.09. The summed E-state index contributed by atoms with van der Waals surface area (Å²) in [6.45, 7) is 22.1. The van der Waals surface area contributed by atoms with Gasteiger partial charge in [0.25, 0.3) is 0 Å². The largest absolute Gasteiger partial charge is 0.497 e. The Morgan fingerprint density at radius 1 is 0.875 bits per heavy atom. The molecule has 4 N–H and O–H groups in total. The number of hydrogen-bond acceptors (Lipinski definition) is 9. The van der Waals surface area contributed by atoms with Gasteiger partial charge in [-0.05, 0) is 60.5 Å². The van der Waals surface area contributed by atoms with Gasteiger partial charge in [0, 0.05) is 19.3 Å². The number of carbonyl (C=O) groups excluding carboxylic acids is 2. The van der Waals surface area contributed by atoms with Gasteiger partial charge in [-0.1, -0.05) is 41.5 Å². The van der Waals surface area contributed by atoms with Crippen LogP contribution in [0.3, 0.4) is 0 Å². The number of nitrogens with zero attached hydrogens (tertiary/aromatic N) is 4. The second kappa shape index (κ2) is 14.1. The fourth-order valence-electron chi connectivity index (χ4n) is 4.75. The molecule has 0 unspecified atom stereocenters. The lowest BCUT2D eigenvalue weighted by molar-refractivity contribution is -0.0301. The van der Waals surface area contributed by atoms with Crippen molar-refractivity contribution in [2.45, 2.75) is 102 Å². The molecule has 3 heterocycles. The van der Waals surface area contributed by atoms with Crippen molar-refractivity contribution in [1.82, 2.24) is 30.2 Å². The van der Waals surface area contributed by atoms with Crippen LogP contribution in [0.25, 0.3) is 11.2 Å². The molecular weight excluding hydrogens is 649 g/mol. The van der Waals surface area contributed by atoms with Gasteiger partial charge in [-0.3, -0.25) is 9.88 Å². The van der Waals surface area contributed by atoms with Crippen molar-refractivity contribution in [3.8, 4) is 5.75 Å². The highest BCUT2D eigenvalue weighted by molar-refractivity contribution is 6.74. The number of methoxy groups -OCH3 is 1. The van der Waals surface area contributed by atoms with E-state index in [0.29, 0.717) is 22.6 Å². The Balaban J connectivity index is 1.73. The zero-order valence-corrected chi connectivity index (χ0v) is 32.2. The topological polar surface area (TPSA) is 163 Å². The second-order valence-corrected chi connectivity index (χ2v) is 24.6. The molecule has 4 rings (SSSR count). The standard InChI is InChI=1S/C32H52N8O6Si2/c1-31(2,3)47(9,10)45-24-22(17-34-29(41)33-7)44-28(25(24)46-48(11,12)32(4,5)6)40-19-37-23-26(35-18-36-27(23)40)39-30(42)38-20-13-15-21(43-8)16-14-20/h13-16,18-19,22,24-25,28H,17H2,1-12H3,(H2,33,34,41)(H2,35,36,38,39,42)/t22-,24-,25-,28-/m1/s1. The maximum absolute atomic E-state index is 13.0. The van der Waals surface area contributed by atoms with Gasteiger partial charge in [0.15, 0.2) is 39.8 Å². The summed E-state index contributed by atoms with van der Waals surface area (Å²) in [4.78, 5) is 38.7. The van der Waals surface area contributed by atoms with Crippen molar-refractivity contribution in [3.63, 3.8) is 0 Å². The van der Waals surface area contributed by atoms with Crippen LogP contribution in [-0.4, -0.2) is 87.2 Å². The van der Waals surface area contributed by atoms with Gasteiger partial charge in [-0.15, -0.1) is 0 Å². The second-order valence-electron chi connectivity index (χ2n) is 15.1.